The van der Waals surface area contributed by atoms with E-state index in [1.807, 2.05) is 17.0 Å². The van der Waals surface area contributed by atoms with Crippen molar-refractivity contribution in [1.82, 2.24) is 9.80 Å². The van der Waals surface area contributed by atoms with Gasteiger partial charge in [-0.1, -0.05) is 19.1 Å². The molecular formula is C19H27N3O2. The van der Waals surface area contributed by atoms with Crippen LogP contribution in [0.1, 0.15) is 43.0 Å². The summed E-state index contributed by atoms with van der Waals surface area (Å²) < 4.78 is 0. The number of likely N-dealkylation sites (tertiary alicyclic amines) is 2. The molecule has 1 unspecified atom stereocenters. The largest absolute Gasteiger partial charge is 0.398 e. The molecule has 0 aromatic heterocycles. The van der Waals surface area contributed by atoms with Gasteiger partial charge in [0.2, 0.25) is 5.91 Å². The third kappa shape index (κ3) is 3.55. The molecule has 1 aromatic rings. The molecule has 2 N–H and O–H groups in total. The molecule has 0 bridgehead atoms. The molecule has 0 saturated carbocycles. The highest BCUT2D eigenvalue weighted by atomic mass is 16.2. The fourth-order valence-corrected chi connectivity index (χ4v) is 3.71. The van der Waals surface area contributed by atoms with Crippen LogP contribution in [0.25, 0.3) is 0 Å². The van der Waals surface area contributed by atoms with E-state index in [1.54, 1.807) is 17.0 Å². The van der Waals surface area contributed by atoms with Crippen molar-refractivity contribution in [3.8, 4) is 0 Å². The molecule has 1 atom stereocenters. The maximum Gasteiger partial charge on any atom is 0.255 e. The normalized spacial score (nSPS) is 22.5. The summed E-state index contributed by atoms with van der Waals surface area (Å²) in [5.74, 6) is 0.805. The van der Waals surface area contributed by atoms with Gasteiger partial charge in [-0.3, -0.25) is 9.59 Å². The van der Waals surface area contributed by atoms with Gasteiger partial charge in [-0.15, -0.1) is 0 Å². The molecule has 2 saturated heterocycles. The van der Waals surface area contributed by atoms with Gasteiger partial charge in [-0.25, -0.2) is 0 Å². The zero-order chi connectivity index (χ0) is 17.1. The van der Waals surface area contributed by atoms with Gasteiger partial charge >= 0.3 is 0 Å². The lowest BCUT2D eigenvalue weighted by atomic mass is 9.93. The van der Waals surface area contributed by atoms with E-state index in [1.165, 1.54) is 0 Å². The van der Waals surface area contributed by atoms with Crippen LogP contribution in [0, 0.1) is 11.8 Å². The zero-order valence-electron chi connectivity index (χ0n) is 14.4. The highest BCUT2D eigenvalue weighted by Crippen LogP contribution is 2.24. The number of anilines is 1. The van der Waals surface area contributed by atoms with E-state index >= 15 is 0 Å². The molecule has 24 heavy (non-hydrogen) atoms. The van der Waals surface area contributed by atoms with Crippen LogP contribution in [0.3, 0.4) is 0 Å². The van der Waals surface area contributed by atoms with Crippen LogP contribution in [-0.4, -0.2) is 47.8 Å². The number of hydrogen-bond donors (Lipinski definition) is 1. The van der Waals surface area contributed by atoms with E-state index < -0.39 is 0 Å². The Morgan fingerprint density at radius 1 is 1.04 bits per heavy atom. The Kier molecular flexibility index (Phi) is 5.07. The van der Waals surface area contributed by atoms with E-state index in [2.05, 4.69) is 6.92 Å². The molecule has 2 amide bonds. The minimum absolute atomic E-state index is 0.0575. The predicted molar refractivity (Wildman–Crippen MR) is 94.5 cm³/mol. The number of benzene rings is 1. The number of nitrogens with zero attached hydrogens (tertiary/aromatic N) is 2. The number of nitrogen functional groups attached to an aromatic ring is 1. The Balaban J connectivity index is 1.65. The highest BCUT2D eigenvalue weighted by molar-refractivity contribution is 5.99. The monoisotopic (exact) mass is 329 g/mol. The topological polar surface area (TPSA) is 66.6 Å². The zero-order valence-corrected chi connectivity index (χ0v) is 14.4. The number of para-hydroxylation sites is 1. The third-order valence-corrected chi connectivity index (χ3v) is 5.34. The van der Waals surface area contributed by atoms with Crippen molar-refractivity contribution in [2.24, 2.45) is 11.8 Å². The average Bonchev–Trinajstić information content (AvgIpc) is 2.62. The fourth-order valence-electron chi connectivity index (χ4n) is 3.71. The van der Waals surface area contributed by atoms with Crippen molar-refractivity contribution in [2.75, 3.05) is 31.9 Å². The Morgan fingerprint density at radius 2 is 1.75 bits per heavy atom. The molecule has 0 spiro atoms. The first kappa shape index (κ1) is 16.8. The van der Waals surface area contributed by atoms with Gasteiger partial charge in [0.25, 0.3) is 5.91 Å². The van der Waals surface area contributed by atoms with E-state index in [0.717, 1.165) is 38.8 Å². The Bertz CT molecular complexity index is 608. The first-order valence-electron chi connectivity index (χ1n) is 8.99. The second-order valence-corrected chi connectivity index (χ2v) is 7.19. The SMILES string of the molecule is CC1CCN(C(=O)C2CCCN(C(=O)c3ccccc3N)C2)CC1. The van der Waals surface area contributed by atoms with E-state index in [-0.39, 0.29) is 17.7 Å². The Labute approximate surface area is 143 Å². The van der Waals surface area contributed by atoms with Crippen molar-refractivity contribution in [3.63, 3.8) is 0 Å². The molecule has 1 aromatic carbocycles. The molecule has 3 rings (SSSR count). The lowest BCUT2D eigenvalue weighted by molar-refractivity contribution is -0.138. The molecule has 5 heteroatoms. The number of carbonyl (C=O) groups is 2. The summed E-state index contributed by atoms with van der Waals surface area (Å²) in [6.45, 7) is 5.17. The van der Waals surface area contributed by atoms with E-state index in [4.69, 9.17) is 5.73 Å². The summed E-state index contributed by atoms with van der Waals surface area (Å²) in [6.07, 6.45) is 3.92. The number of amides is 2. The third-order valence-electron chi connectivity index (χ3n) is 5.34. The lowest BCUT2D eigenvalue weighted by Crippen LogP contribution is -2.48. The van der Waals surface area contributed by atoms with Crippen LogP contribution >= 0.6 is 0 Å². The molecule has 0 aliphatic carbocycles. The van der Waals surface area contributed by atoms with Crippen LogP contribution < -0.4 is 5.73 Å². The van der Waals surface area contributed by atoms with Gasteiger partial charge in [-0.05, 0) is 43.7 Å². The van der Waals surface area contributed by atoms with Crippen LogP contribution in [0.15, 0.2) is 24.3 Å². The number of hydrogen-bond acceptors (Lipinski definition) is 3. The summed E-state index contributed by atoms with van der Waals surface area (Å²) in [5.41, 5.74) is 6.97. The molecular weight excluding hydrogens is 302 g/mol. The van der Waals surface area contributed by atoms with Crippen molar-refractivity contribution in [2.45, 2.75) is 32.6 Å². The summed E-state index contributed by atoms with van der Waals surface area (Å²) in [5, 5.41) is 0. The smallest absolute Gasteiger partial charge is 0.255 e. The molecule has 2 fully saturated rings. The van der Waals surface area contributed by atoms with Crippen molar-refractivity contribution in [3.05, 3.63) is 29.8 Å². The first-order valence-corrected chi connectivity index (χ1v) is 8.99. The lowest BCUT2D eigenvalue weighted by Gasteiger charge is -2.37. The molecule has 0 radical (unpaired) electrons. The van der Waals surface area contributed by atoms with Gasteiger partial charge in [0.05, 0.1) is 11.5 Å². The summed E-state index contributed by atoms with van der Waals surface area (Å²) >= 11 is 0. The molecule has 5 nitrogen and oxygen atoms in total. The quantitative estimate of drug-likeness (QED) is 0.847. The maximum absolute atomic E-state index is 12.8. The van der Waals surface area contributed by atoms with Crippen LogP contribution in [0.2, 0.25) is 0 Å². The van der Waals surface area contributed by atoms with Gasteiger partial charge in [0.1, 0.15) is 0 Å². The summed E-state index contributed by atoms with van der Waals surface area (Å²) in [6, 6.07) is 7.15. The fraction of sp³-hybridized carbons (Fsp3) is 0.579. The van der Waals surface area contributed by atoms with E-state index in [9.17, 15) is 9.59 Å². The predicted octanol–water partition coefficient (Wildman–Crippen LogP) is 2.38. The standard InChI is InChI=1S/C19H27N3O2/c1-14-8-11-21(12-9-14)18(23)15-5-4-10-22(13-15)19(24)16-6-2-3-7-17(16)20/h2-3,6-7,14-15H,4-5,8-13,20H2,1H3. The van der Waals surface area contributed by atoms with Gasteiger partial charge in [0, 0.05) is 31.9 Å². The molecule has 2 heterocycles. The second-order valence-electron chi connectivity index (χ2n) is 7.19. The average molecular weight is 329 g/mol. The minimum atomic E-state index is -0.0685. The van der Waals surface area contributed by atoms with Crippen molar-refractivity contribution in [1.29, 1.82) is 0 Å². The first-order chi connectivity index (χ1) is 11.6. The number of nitrogens with two attached hydrogens (primary N) is 1. The van der Waals surface area contributed by atoms with Gasteiger partial charge in [-0.2, -0.15) is 0 Å². The van der Waals surface area contributed by atoms with Crippen LogP contribution in [0.5, 0.6) is 0 Å². The van der Waals surface area contributed by atoms with Crippen molar-refractivity contribution >= 4 is 17.5 Å². The van der Waals surface area contributed by atoms with Gasteiger partial charge in [0.15, 0.2) is 0 Å². The number of carbonyl (C=O) groups excluding carboxylic acids is 2. The van der Waals surface area contributed by atoms with E-state index in [0.29, 0.717) is 30.3 Å². The summed E-state index contributed by atoms with van der Waals surface area (Å²) in [7, 11) is 0. The Morgan fingerprint density at radius 3 is 2.46 bits per heavy atom. The van der Waals surface area contributed by atoms with Crippen LogP contribution in [0.4, 0.5) is 5.69 Å². The summed E-state index contributed by atoms with van der Waals surface area (Å²) in [4.78, 5) is 29.3. The minimum Gasteiger partial charge on any atom is -0.398 e. The maximum atomic E-state index is 12.8. The highest BCUT2D eigenvalue weighted by Gasteiger charge is 2.33. The molecule has 2 aliphatic heterocycles. The van der Waals surface area contributed by atoms with Crippen molar-refractivity contribution < 1.29 is 9.59 Å². The molecule has 130 valence electrons. The van der Waals surface area contributed by atoms with Crippen LogP contribution in [-0.2, 0) is 4.79 Å². The second kappa shape index (κ2) is 7.24. The number of piperidine rings is 2. The Hall–Kier alpha value is -2.04. The molecule has 2 aliphatic rings. The van der Waals surface area contributed by atoms with Gasteiger partial charge < -0.3 is 15.5 Å². The number of rotatable bonds is 2.